The van der Waals surface area contributed by atoms with E-state index in [1.54, 1.807) is 6.20 Å². The standard InChI is InChI=1S/C23H21N3O2/c1-14-21-12-19(13-24-22(21)28-25-14)23(27)26(20-9-10-20)15(2)17-8-7-16-5-3-4-6-18(16)11-17/h3-8,11-13,15,20H,9-10H2,1-2H3. The van der Waals surface area contributed by atoms with Crippen LogP contribution in [0, 0.1) is 6.92 Å². The van der Waals surface area contributed by atoms with Crippen molar-refractivity contribution >= 4 is 27.8 Å². The zero-order valence-corrected chi connectivity index (χ0v) is 15.9. The van der Waals surface area contributed by atoms with E-state index < -0.39 is 0 Å². The van der Waals surface area contributed by atoms with Gasteiger partial charge in [0.25, 0.3) is 11.6 Å². The first kappa shape index (κ1) is 16.9. The third kappa shape index (κ3) is 2.83. The van der Waals surface area contributed by atoms with E-state index in [9.17, 15) is 4.79 Å². The Bertz CT molecular complexity index is 1190. The van der Waals surface area contributed by atoms with Crippen LogP contribution in [0.3, 0.4) is 0 Å². The normalized spacial score (nSPS) is 15.1. The van der Waals surface area contributed by atoms with Crippen molar-refractivity contribution < 1.29 is 9.32 Å². The van der Waals surface area contributed by atoms with Crippen molar-refractivity contribution in [2.45, 2.75) is 38.8 Å². The average molecular weight is 371 g/mol. The molecule has 2 aromatic heterocycles. The van der Waals surface area contributed by atoms with Crippen LogP contribution < -0.4 is 0 Å². The summed E-state index contributed by atoms with van der Waals surface area (Å²) in [5, 5.41) is 7.13. The molecule has 5 rings (SSSR count). The fraction of sp³-hybridized carbons (Fsp3) is 0.261. The fourth-order valence-electron chi connectivity index (χ4n) is 3.85. The summed E-state index contributed by atoms with van der Waals surface area (Å²) in [5.74, 6) is 0.0122. The van der Waals surface area contributed by atoms with E-state index in [4.69, 9.17) is 4.52 Å². The van der Waals surface area contributed by atoms with Gasteiger partial charge in [0.2, 0.25) is 0 Å². The van der Waals surface area contributed by atoms with Crippen LogP contribution in [-0.4, -0.2) is 27.0 Å². The molecule has 4 aromatic rings. The highest BCUT2D eigenvalue weighted by molar-refractivity contribution is 5.97. The molecule has 0 bridgehead atoms. The predicted molar refractivity (Wildman–Crippen MR) is 108 cm³/mol. The molecule has 28 heavy (non-hydrogen) atoms. The number of pyridine rings is 1. The molecule has 140 valence electrons. The lowest BCUT2D eigenvalue weighted by Gasteiger charge is -2.30. The number of fused-ring (bicyclic) bond motifs is 2. The Hall–Kier alpha value is -3.21. The lowest BCUT2D eigenvalue weighted by atomic mass is 10.0. The quantitative estimate of drug-likeness (QED) is 0.504. The Morgan fingerprint density at radius 1 is 1.14 bits per heavy atom. The number of aromatic nitrogens is 2. The fourth-order valence-corrected chi connectivity index (χ4v) is 3.85. The first-order chi connectivity index (χ1) is 13.6. The lowest BCUT2D eigenvalue weighted by molar-refractivity contribution is 0.0674. The summed E-state index contributed by atoms with van der Waals surface area (Å²) >= 11 is 0. The smallest absolute Gasteiger partial charge is 0.257 e. The molecule has 0 saturated heterocycles. The molecule has 1 unspecified atom stereocenters. The minimum atomic E-state index is -0.0103. The van der Waals surface area contributed by atoms with Gasteiger partial charge in [0.05, 0.1) is 22.7 Å². The molecule has 1 aliphatic rings. The second kappa shape index (κ2) is 6.44. The van der Waals surface area contributed by atoms with Crippen molar-refractivity contribution in [1.82, 2.24) is 15.0 Å². The number of aryl methyl sites for hydroxylation is 1. The highest BCUT2D eigenvalue weighted by atomic mass is 16.5. The van der Waals surface area contributed by atoms with Gasteiger partial charge < -0.3 is 9.42 Å². The number of carbonyl (C=O) groups is 1. The number of hydrogen-bond donors (Lipinski definition) is 0. The molecule has 0 radical (unpaired) electrons. The molecule has 2 heterocycles. The second-order valence-electron chi connectivity index (χ2n) is 7.57. The van der Waals surface area contributed by atoms with Crippen molar-refractivity contribution in [2.75, 3.05) is 0 Å². The molecule has 1 saturated carbocycles. The van der Waals surface area contributed by atoms with Crippen molar-refractivity contribution in [3.05, 3.63) is 71.5 Å². The van der Waals surface area contributed by atoms with Crippen LogP contribution in [0.4, 0.5) is 0 Å². The third-order valence-corrected chi connectivity index (χ3v) is 5.60. The van der Waals surface area contributed by atoms with E-state index in [-0.39, 0.29) is 18.0 Å². The monoisotopic (exact) mass is 371 g/mol. The van der Waals surface area contributed by atoms with Crippen LogP contribution in [0.5, 0.6) is 0 Å². The summed E-state index contributed by atoms with van der Waals surface area (Å²) in [6.07, 6.45) is 3.69. The molecule has 0 spiro atoms. The number of rotatable bonds is 4. The number of carbonyl (C=O) groups excluding carboxylic acids is 1. The third-order valence-electron chi connectivity index (χ3n) is 5.60. The average Bonchev–Trinajstić information content (AvgIpc) is 3.50. The Kier molecular flexibility index (Phi) is 3.90. The lowest BCUT2D eigenvalue weighted by Crippen LogP contribution is -2.35. The van der Waals surface area contributed by atoms with Gasteiger partial charge in [-0.2, -0.15) is 0 Å². The molecule has 1 amide bonds. The molecule has 2 aromatic carbocycles. The summed E-state index contributed by atoms with van der Waals surface area (Å²) < 4.78 is 5.18. The van der Waals surface area contributed by atoms with E-state index in [1.165, 1.54) is 10.8 Å². The molecule has 0 aliphatic heterocycles. The number of benzene rings is 2. The van der Waals surface area contributed by atoms with E-state index in [0.29, 0.717) is 11.3 Å². The van der Waals surface area contributed by atoms with Gasteiger partial charge in [-0.25, -0.2) is 4.98 Å². The number of nitrogens with zero attached hydrogens (tertiary/aromatic N) is 3. The first-order valence-corrected chi connectivity index (χ1v) is 9.65. The highest BCUT2D eigenvalue weighted by Gasteiger charge is 2.37. The summed E-state index contributed by atoms with van der Waals surface area (Å²) in [4.78, 5) is 19.7. The minimum absolute atomic E-state index is 0.0103. The van der Waals surface area contributed by atoms with E-state index in [0.717, 1.165) is 29.5 Å². The van der Waals surface area contributed by atoms with Gasteiger partial charge in [0, 0.05) is 12.2 Å². The zero-order valence-electron chi connectivity index (χ0n) is 15.9. The maximum absolute atomic E-state index is 13.4. The van der Waals surface area contributed by atoms with Gasteiger partial charge in [-0.05, 0) is 55.2 Å². The minimum Gasteiger partial charge on any atom is -0.336 e. The summed E-state index contributed by atoms with van der Waals surface area (Å²) in [7, 11) is 0. The van der Waals surface area contributed by atoms with Crippen molar-refractivity contribution in [3.8, 4) is 0 Å². The van der Waals surface area contributed by atoms with Gasteiger partial charge in [-0.3, -0.25) is 4.79 Å². The molecular weight excluding hydrogens is 350 g/mol. The van der Waals surface area contributed by atoms with Crippen molar-refractivity contribution in [1.29, 1.82) is 0 Å². The van der Waals surface area contributed by atoms with Gasteiger partial charge in [0.15, 0.2) is 0 Å². The van der Waals surface area contributed by atoms with Crippen LogP contribution in [0.2, 0.25) is 0 Å². The Balaban J connectivity index is 1.51. The summed E-state index contributed by atoms with van der Waals surface area (Å²) in [5.41, 5.74) is 2.94. The Morgan fingerprint density at radius 3 is 2.71 bits per heavy atom. The largest absolute Gasteiger partial charge is 0.336 e. The molecule has 5 heteroatoms. The molecule has 0 N–H and O–H groups in total. The maximum Gasteiger partial charge on any atom is 0.257 e. The molecule has 5 nitrogen and oxygen atoms in total. The Morgan fingerprint density at radius 2 is 1.93 bits per heavy atom. The predicted octanol–water partition coefficient (Wildman–Crippen LogP) is 5.05. The molecule has 1 fully saturated rings. The van der Waals surface area contributed by atoms with Gasteiger partial charge in [-0.1, -0.05) is 41.6 Å². The molecule has 1 aliphatic carbocycles. The highest BCUT2D eigenvalue weighted by Crippen LogP contribution is 2.36. The summed E-state index contributed by atoms with van der Waals surface area (Å²) in [6, 6.07) is 16.9. The van der Waals surface area contributed by atoms with Crippen molar-refractivity contribution in [3.63, 3.8) is 0 Å². The van der Waals surface area contributed by atoms with Gasteiger partial charge >= 0.3 is 0 Å². The molecular formula is C23H21N3O2. The van der Waals surface area contributed by atoms with Crippen LogP contribution in [0.15, 0.2) is 59.3 Å². The maximum atomic E-state index is 13.4. The van der Waals surface area contributed by atoms with Crippen LogP contribution in [0.25, 0.3) is 21.9 Å². The Labute approximate surface area is 163 Å². The molecule has 1 atom stereocenters. The number of hydrogen-bond acceptors (Lipinski definition) is 4. The van der Waals surface area contributed by atoms with Crippen molar-refractivity contribution in [2.24, 2.45) is 0 Å². The topological polar surface area (TPSA) is 59.2 Å². The SMILES string of the molecule is Cc1noc2ncc(C(=O)N(C3CC3)C(C)c3ccc4ccccc4c3)cc12. The van der Waals surface area contributed by atoms with E-state index in [1.807, 2.05) is 30.0 Å². The number of amides is 1. The second-order valence-corrected chi connectivity index (χ2v) is 7.57. The first-order valence-electron chi connectivity index (χ1n) is 9.65. The van der Waals surface area contributed by atoms with E-state index in [2.05, 4.69) is 47.4 Å². The van der Waals surface area contributed by atoms with Crippen LogP contribution >= 0.6 is 0 Å². The van der Waals surface area contributed by atoms with Crippen LogP contribution in [0.1, 0.15) is 47.4 Å². The van der Waals surface area contributed by atoms with Gasteiger partial charge in [0.1, 0.15) is 0 Å². The zero-order chi connectivity index (χ0) is 19.3. The summed E-state index contributed by atoms with van der Waals surface area (Å²) in [6.45, 7) is 3.97. The van der Waals surface area contributed by atoms with E-state index >= 15 is 0 Å². The van der Waals surface area contributed by atoms with Gasteiger partial charge in [-0.15, -0.1) is 0 Å². The van der Waals surface area contributed by atoms with Crippen LogP contribution in [-0.2, 0) is 0 Å².